The minimum atomic E-state index is 0. The minimum absolute atomic E-state index is 0. The van der Waals surface area contributed by atoms with Crippen molar-refractivity contribution < 1.29 is 0 Å². The maximum Gasteiger partial charge on any atom is -0.0443 e. The highest BCUT2D eigenvalue weighted by Gasteiger charge is 2.01. The van der Waals surface area contributed by atoms with Gasteiger partial charge >= 0.3 is 0 Å². The van der Waals surface area contributed by atoms with E-state index in [2.05, 4.69) is 20.8 Å². The lowest BCUT2D eigenvalue weighted by Gasteiger charge is -2.10. The van der Waals surface area contributed by atoms with Crippen LogP contribution in [0, 0.1) is 5.92 Å². The number of unbranched alkanes of at least 4 members (excludes halogenated alkanes) is 10. The van der Waals surface area contributed by atoms with E-state index in [9.17, 15) is 0 Å². The van der Waals surface area contributed by atoms with Gasteiger partial charge in [0.05, 0.1) is 0 Å². The molecule has 0 aliphatic rings. The molecule has 0 amide bonds. The molecule has 20 heavy (non-hydrogen) atoms. The first-order chi connectivity index (χ1) is 8.81. The predicted octanol–water partition coefficient (Wildman–Crippen LogP) is 7.97. The van der Waals surface area contributed by atoms with Crippen molar-refractivity contribution in [1.29, 1.82) is 0 Å². The van der Waals surface area contributed by atoms with Gasteiger partial charge in [0.2, 0.25) is 0 Å². The van der Waals surface area contributed by atoms with Crippen molar-refractivity contribution in [3.63, 3.8) is 0 Å². The molecule has 0 nitrogen and oxygen atoms in total. The Morgan fingerprint density at radius 2 is 0.800 bits per heavy atom. The van der Waals surface area contributed by atoms with Gasteiger partial charge in [0, 0.05) is 0 Å². The minimum Gasteiger partial charge on any atom is -0.147 e. The van der Waals surface area contributed by atoms with Gasteiger partial charge in [-0.3, -0.25) is 0 Å². The van der Waals surface area contributed by atoms with Crippen LogP contribution in [0.3, 0.4) is 0 Å². The smallest absolute Gasteiger partial charge is 0.0443 e. The van der Waals surface area contributed by atoms with Crippen LogP contribution in [0.2, 0.25) is 0 Å². The van der Waals surface area contributed by atoms with E-state index in [1.165, 1.54) is 89.9 Å². The van der Waals surface area contributed by atoms with Gasteiger partial charge in [-0.15, -0.1) is 24.8 Å². The molecule has 0 radical (unpaired) electrons. The quantitative estimate of drug-likeness (QED) is 0.284. The molecule has 126 valence electrons. The largest absolute Gasteiger partial charge is 0.147 e. The summed E-state index contributed by atoms with van der Waals surface area (Å²) in [5, 5.41) is 0. The average Bonchev–Trinajstić information content (AvgIpc) is 2.38. The van der Waals surface area contributed by atoms with E-state index in [1.807, 2.05) is 0 Å². The lowest BCUT2D eigenvalue weighted by atomic mass is 9.96. The maximum atomic E-state index is 2.46. The van der Waals surface area contributed by atoms with Gasteiger partial charge in [0.25, 0.3) is 0 Å². The Hall–Kier alpha value is 0.580. The summed E-state index contributed by atoms with van der Waals surface area (Å²) in [4.78, 5) is 0. The molecule has 0 aromatic heterocycles. The summed E-state index contributed by atoms with van der Waals surface area (Å²) < 4.78 is 0. The van der Waals surface area contributed by atoms with Crippen molar-refractivity contribution in [2.75, 3.05) is 0 Å². The maximum absolute atomic E-state index is 2.46. The Kier molecular flexibility index (Phi) is 27.9. The Balaban J connectivity index is -0.00000144. The zero-order chi connectivity index (χ0) is 13.5. The van der Waals surface area contributed by atoms with Gasteiger partial charge in [-0.2, -0.15) is 0 Å². The second-order valence-corrected chi connectivity index (χ2v) is 6.22. The van der Waals surface area contributed by atoms with Crippen LogP contribution in [0.15, 0.2) is 0 Å². The van der Waals surface area contributed by atoms with Crippen molar-refractivity contribution in [1.82, 2.24) is 0 Å². The Morgan fingerprint density at radius 3 is 1.15 bits per heavy atom. The third-order valence-corrected chi connectivity index (χ3v) is 4.10. The second-order valence-electron chi connectivity index (χ2n) is 6.22. The fourth-order valence-electron chi connectivity index (χ4n) is 2.69. The zero-order valence-corrected chi connectivity index (χ0v) is 15.9. The van der Waals surface area contributed by atoms with Crippen molar-refractivity contribution in [2.45, 2.75) is 111 Å². The first kappa shape index (κ1) is 25.5. The fraction of sp³-hybridized carbons (Fsp3) is 1.00. The van der Waals surface area contributed by atoms with E-state index in [1.54, 1.807) is 0 Å². The molecule has 0 aliphatic heterocycles. The van der Waals surface area contributed by atoms with Gasteiger partial charge in [-0.25, -0.2) is 0 Å². The highest BCUT2D eigenvalue weighted by atomic mass is 35.5. The van der Waals surface area contributed by atoms with Gasteiger partial charge < -0.3 is 0 Å². The Morgan fingerprint density at radius 1 is 0.500 bits per heavy atom. The van der Waals surface area contributed by atoms with E-state index in [0.717, 1.165) is 5.92 Å². The van der Waals surface area contributed by atoms with Crippen LogP contribution in [-0.4, -0.2) is 0 Å². The van der Waals surface area contributed by atoms with Crippen LogP contribution < -0.4 is 0 Å². The Bertz CT molecular complexity index is 132. The van der Waals surface area contributed by atoms with Crippen molar-refractivity contribution in [3.8, 4) is 0 Å². The monoisotopic (exact) mass is 326 g/mol. The van der Waals surface area contributed by atoms with Crippen molar-refractivity contribution in [2.24, 2.45) is 5.92 Å². The van der Waals surface area contributed by atoms with E-state index < -0.39 is 0 Å². The molecule has 0 aromatic rings. The topological polar surface area (TPSA) is 0 Å². The van der Waals surface area contributed by atoms with Crippen molar-refractivity contribution >= 4 is 24.8 Å². The molecular weight excluding hydrogens is 287 g/mol. The van der Waals surface area contributed by atoms with Crippen LogP contribution >= 0.6 is 24.8 Å². The zero-order valence-electron chi connectivity index (χ0n) is 14.3. The van der Waals surface area contributed by atoms with Crippen LogP contribution in [0.5, 0.6) is 0 Å². The molecule has 0 saturated carbocycles. The molecular formula is C18H40Cl2. The lowest BCUT2D eigenvalue weighted by Crippen LogP contribution is -1.95. The van der Waals surface area contributed by atoms with Gasteiger partial charge in [-0.1, -0.05) is 111 Å². The van der Waals surface area contributed by atoms with Gasteiger partial charge in [0.1, 0.15) is 0 Å². The molecule has 0 aliphatic carbocycles. The molecule has 0 rings (SSSR count). The third kappa shape index (κ3) is 20.9. The summed E-state index contributed by atoms with van der Waals surface area (Å²) in [6.45, 7) is 7.04. The molecule has 0 atom stereocenters. The molecule has 0 N–H and O–H groups in total. The molecule has 2 heteroatoms. The lowest BCUT2D eigenvalue weighted by molar-refractivity contribution is 0.431. The number of hydrogen-bond acceptors (Lipinski definition) is 0. The molecule has 0 saturated heterocycles. The van der Waals surface area contributed by atoms with Crippen LogP contribution in [-0.2, 0) is 0 Å². The number of rotatable bonds is 14. The van der Waals surface area contributed by atoms with E-state index in [-0.39, 0.29) is 24.8 Å². The first-order valence-electron chi connectivity index (χ1n) is 8.81. The highest BCUT2D eigenvalue weighted by molar-refractivity contribution is 5.85. The summed E-state index contributed by atoms with van der Waals surface area (Å²) in [5.74, 6) is 0.974. The van der Waals surface area contributed by atoms with E-state index in [0.29, 0.717) is 0 Å². The summed E-state index contributed by atoms with van der Waals surface area (Å²) in [5.41, 5.74) is 0. The van der Waals surface area contributed by atoms with Gasteiger partial charge in [0.15, 0.2) is 0 Å². The molecule has 0 bridgehead atoms. The van der Waals surface area contributed by atoms with Crippen molar-refractivity contribution in [3.05, 3.63) is 0 Å². The van der Waals surface area contributed by atoms with Gasteiger partial charge in [-0.05, 0) is 5.92 Å². The highest BCUT2D eigenvalue weighted by Crippen LogP contribution is 2.18. The summed E-state index contributed by atoms with van der Waals surface area (Å²) in [6.07, 6.45) is 20.3. The summed E-state index contributed by atoms with van der Waals surface area (Å²) >= 11 is 0. The standard InChI is InChI=1S/C18H38.2ClH/c1-4-6-8-10-12-14-16-18(3)17-15-13-11-9-7-5-2;;/h18H,4-17H2,1-3H3;2*1H. The van der Waals surface area contributed by atoms with Crippen LogP contribution in [0.25, 0.3) is 0 Å². The van der Waals surface area contributed by atoms with Crippen LogP contribution in [0.1, 0.15) is 111 Å². The molecule has 0 unspecified atom stereocenters. The summed E-state index contributed by atoms with van der Waals surface area (Å²) in [7, 11) is 0. The predicted molar refractivity (Wildman–Crippen MR) is 99.6 cm³/mol. The SMILES string of the molecule is CCCCCCCCC(C)CCCCCCCC.Cl.Cl. The second kappa shape index (κ2) is 21.9. The van der Waals surface area contributed by atoms with E-state index in [4.69, 9.17) is 0 Å². The third-order valence-electron chi connectivity index (χ3n) is 4.10. The molecule has 0 heterocycles. The number of hydrogen-bond donors (Lipinski definition) is 0. The normalized spacial score (nSPS) is 10.2. The fourth-order valence-corrected chi connectivity index (χ4v) is 2.69. The number of halogens is 2. The molecule has 0 fully saturated rings. The molecule has 0 spiro atoms. The van der Waals surface area contributed by atoms with Crippen LogP contribution in [0.4, 0.5) is 0 Å². The molecule has 0 aromatic carbocycles. The summed E-state index contributed by atoms with van der Waals surface area (Å²) in [6, 6.07) is 0. The average molecular weight is 327 g/mol. The van der Waals surface area contributed by atoms with E-state index >= 15 is 0 Å². The first-order valence-corrected chi connectivity index (χ1v) is 8.81. The Labute approximate surface area is 141 Å².